The summed E-state index contributed by atoms with van der Waals surface area (Å²) in [5.74, 6) is -0.321. The van der Waals surface area contributed by atoms with Crippen molar-refractivity contribution in [1.29, 1.82) is 0 Å². The zero-order valence-corrected chi connectivity index (χ0v) is 16.6. The standard InChI is InChI=1S/C18H32N4O4/c1-16(2,3)18(17(4,5)6,20-15(25)26)14(24)22-10-11-7-12(22)9-21(11)13(23)8-19/h11-12,20H,7-10,19H2,1-6H3,(H,25,26)/t11-,12-/m0/s1. The molecule has 3 amide bonds. The fourth-order valence-electron chi connectivity index (χ4n) is 4.91. The molecule has 0 aliphatic carbocycles. The summed E-state index contributed by atoms with van der Waals surface area (Å²) in [5, 5.41) is 12.1. The van der Waals surface area contributed by atoms with Gasteiger partial charge in [-0.2, -0.15) is 0 Å². The van der Waals surface area contributed by atoms with Gasteiger partial charge in [-0.05, 0) is 17.3 Å². The Labute approximate surface area is 155 Å². The second kappa shape index (κ2) is 6.40. The van der Waals surface area contributed by atoms with Gasteiger partial charge in [0, 0.05) is 13.1 Å². The first-order valence-corrected chi connectivity index (χ1v) is 9.08. The maximum absolute atomic E-state index is 13.7. The summed E-state index contributed by atoms with van der Waals surface area (Å²) in [4.78, 5) is 40.8. The Morgan fingerprint density at radius 1 is 1.00 bits per heavy atom. The Morgan fingerprint density at radius 3 is 1.81 bits per heavy atom. The molecule has 0 saturated carbocycles. The van der Waals surface area contributed by atoms with Gasteiger partial charge >= 0.3 is 6.09 Å². The van der Waals surface area contributed by atoms with Crippen LogP contribution in [0.1, 0.15) is 48.0 Å². The summed E-state index contributed by atoms with van der Waals surface area (Å²) in [5.41, 5.74) is 2.89. The van der Waals surface area contributed by atoms with Gasteiger partial charge in [0.1, 0.15) is 5.54 Å². The van der Waals surface area contributed by atoms with Crippen molar-refractivity contribution in [3.8, 4) is 0 Å². The van der Waals surface area contributed by atoms with Crippen LogP contribution in [0.15, 0.2) is 0 Å². The molecule has 2 aliphatic heterocycles. The van der Waals surface area contributed by atoms with Gasteiger partial charge < -0.3 is 26.0 Å². The first-order valence-electron chi connectivity index (χ1n) is 9.08. The SMILES string of the molecule is CC(C)(C)C(NC(=O)O)(C(=O)N1C[C@@H]2C[C@H]1CN2C(=O)CN)C(C)(C)C. The highest BCUT2D eigenvalue weighted by atomic mass is 16.4. The van der Waals surface area contributed by atoms with Gasteiger partial charge in [0.15, 0.2) is 0 Å². The van der Waals surface area contributed by atoms with Gasteiger partial charge in [0.25, 0.3) is 0 Å². The lowest BCUT2D eigenvalue weighted by molar-refractivity contribution is -0.154. The van der Waals surface area contributed by atoms with Crippen LogP contribution in [0.5, 0.6) is 0 Å². The fourth-order valence-corrected chi connectivity index (χ4v) is 4.91. The number of nitrogens with two attached hydrogens (primary N) is 1. The Balaban J connectivity index is 2.38. The molecule has 2 aliphatic rings. The molecule has 0 unspecified atom stereocenters. The molecular formula is C18H32N4O4. The summed E-state index contributed by atoms with van der Waals surface area (Å²) < 4.78 is 0. The topological polar surface area (TPSA) is 116 Å². The smallest absolute Gasteiger partial charge is 0.405 e. The van der Waals surface area contributed by atoms with E-state index in [4.69, 9.17) is 5.73 Å². The summed E-state index contributed by atoms with van der Waals surface area (Å²) in [7, 11) is 0. The average Bonchev–Trinajstić information content (AvgIpc) is 3.08. The van der Waals surface area contributed by atoms with Crippen LogP contribution in [0.4, 0.5) is 4.79 Å². The van der Waals surface area contributed by atoms with Gasteiger partial charge in [0.2, 0.25) is 11.8 Å². The van der Waals surface area contributed by atoms with E-state index < -0.39 is 22.5 Å². The number of fused-ring (bicyclic) bond motifs is 2. The number of nitrogens with one attached hydrogen (secondary N) is 1. The molecular weight excluding hydrogens is 336 g/mol. The molecule has 26 heavy (non-hydrogen) atoms. The van der Waals surface area contributed by atoms with E-state index in [0.29, 0.717) is 13.1 Å². The van der Waals surface area contributed by atoms with E-state index in [1.54, 1.807) is 9.80 Å². The number of rotatable bonds is 3. The van der Waals surface area contributed by atoms with Crippen LogP contribution in [0.3, 0.4) is 0 Å². The van der Waals surface area contributed by atoms with Crippen LogP contribution in [-0.4, -0.2) is 70.1 Å². The predicted molar refractivity (Wildman–Crippen MR) is 97.5 cm³/mol. The van der Waals surface area contributed by atoms with Gasteiger partial charge in [-0.1, -0.05) is 41.5 Å². The highest BCUT2D eigenvalue weighted by molar-refractivity contribution is 5.92. The van der Waals surface area contributed by atoms with Crippen molar-refractivity contribution in [2.24, 2.45) is 16.6 Å². The molecule has 148 valence electrons. The summed E-state index contributed by atoms with van der Waals surface area (Å²) in [6, 6.07) is -0.134. The molecule has 0 aromatic heterocycles. The zero-order chi connectivity index (χ0) is 20.1. The molecule has 0 aromatic carbocycles. The molecule has 2 saturated heterocycles. The third-order valence-corrected chi connectivity index (χ3v) is 5.86. The predicted octanol–water partition coefficient (Wildman–Crippen LogP) is 0.855. The summed E-state index contributed by atoms with van der Waals surface area (Å²) in [6.45, 7) is 12.1. The lowest BCUT2D eigenvalue weighted by atomic mass is 9.59. The van der Waals surface area contributed by atoms with E-state index in [2.05, 4.69) is 5.32 Å². The minimum atomic E-state index is -1.29. The van der Waals surface area contributed by atoms with E-state index in [1.807, 2.05) is 41.5 Å². The molecule has 2 heterocycles. The minimum Gasteiger partial charge on any atom is -0.465 e. The number of carbonyl (C=O) groups is 3. The molecule has 0 aromatic rings. The van der Waals surface area contributed by atoms with Gasteiger partial charge in [-0.25, -0.2) is 4.79 Å². The van der Waals surface area contributed by atoms with Crippen LogP contribution in [0.2, 0.25) is 0 Å². The highest BCUT2D eigenvalue weighted by Crippen LogP contribution is 2.47. The van der Waals surface area contributed by atoms with Crippen LogP contribution < -0.4 is 11.1 Å². The number of carbonyl (C=O) groups excluding carboxylic acids is 2. The van der Waals surface area contributed by atoms with E-state index >= 15 is 0 Å². The van der Waals surface area contributed by atoms with Crippen LogP contribution in [0.25, 0.3) is 0 Å². The number of piperazine rings is 1. The van der Waals surface area contributed by atoms with Crippen molar-refractivity contribution in [3.63, 3.8) is 0 Å². The average molecular weight is 368 g/mol. The van der Waals surface area contributed by atoms with Crippen molar-refractivity contribution in [1.82, 2.24) is 15.1 Å². The van der Waals surface area contributed by atoms with Crippen molar-refractivity contribution in [3.05, 3.63) is 0 Å². The third kappa shape index (κ3) is 3.04. The van der Waals surface area contributed by atoms with Gasteiger partial charge in [0.05, 0.1) is 18.6 Å². The monoisotopic (exact) mass is 368 g/mol. The van der Waals surface area contributed by atoms with Crippen molar-refractivity contribution >= 4 is 17.9 Å². The first kappa shape index (κ1) is 20.5. The third-order valence-electron chi connectivity index (χ3n) is 5.86. The highest BCUT2D eigenvalue weighted by Gasteiger charge is 2.61. The molecule has 2 atom stereocenters. The van der Waals surface area contributed by atoms with Crippen LogP contribution in [0, 0.1) is 10.8 Å². The normalized spacial score (nSPS) is 23.3. The Morgan fingerprint density at radius 2 is 1.46 bits per heavy atom. The fraction of sp³-hybridized carbons (Fsp3) is 0.833. The van der Waals surface area contributed by atoms with Crippen molar-refractivity contribution in [2.45, 2.75) is 65.6 Å². The maximum atomic E-state index is 13.7. The Hall–Kier alpha value is -1.83. The largest absolute Gasteiger partial charge is 0.465 e. The van der Waals surface area contributed by atoms with Crippen LogP contribution in [-0.2, 0) is 9.59 Å². The first-order chi connectivity index (χ1) is 11.8. The second-order valence-electron chi connectivity index (χ2n) is 9.43. The summed E-state index contributed by atoms with van der Waals surface area (Å²) >= 11 is 0. The zero-order valence-electron chi connectivity index (χ0n) is 16.6. The second-order valence-corrected chi connectivity index (χ2v) is 9.43. The number of nitrogens with zero attached hydrogens (tertiary/aromatic N) is 2. The maximum Gasteiger partial charge on any atom is 0.405 e. The molecule has 2 rings (SSSR count). The molecule has 8 nitrogen and oxygen atoms in total. The van der Waals surface area contributed by atoms with Crippen molar-refractivity contribution in [2.75, 3.05) is 19.6 Å². The Bertz CT molecular complexity index is 591. The summed E-state index contributed by atoms with van der Waals surface area (Å²) in [6.07, 6.45) is -0.498. The molecule has 2 fully saturated rings. The van der Waals surface area contributed by atoms with E-state index in [-0.39, 0.29) is 30.4 Å². The van der Waals surface area contributed by atoms with Gasteiger partial charge in [-0.3, -0.25) is 9.59 Å². The molecule has 4 N–H and O–H groups in total. The molecule has 8 heteroatoms. The number of hydrogen-bond donors (Lipinski definition) is 3. The number of carboxylic acid groups (broad SMARTS) is 1. The molecule has 2 bridgehead atoms. The van der Waals surface area contributed by atoms with E-state index in [0.717, 1.165) is 6.42 Å². The van der Waals surface area contributed by atoms with E-state index in [9.17, 15) is 19.5 Å². The molecule has 0 radical (unpaired) electrons. The van der Waals surface area contributed by atoms with E-state index in [1.165, 1.54) is 0 Å². The molecule has 0 spiro atoms. The lowest BCUT2D eigenvalue weighted by Crippen LogP contribution is -2.73. The van der Waals surface area contributed by atoms with Gasteiger partial charge in [-0.15, -0.1) is 0 Å². The Kier molecular flexibility index (Phi) is 5.04. The van der Waals surface area contributed by atoms with Crippen LogP contribution >= 0.6 is 0 Å². The minimum absolute atomic E-state index is 0.0361. The number of likely N-dealkylation sites (tertiary alicyclic amines) is 2. The lowest BCUT2D eigenvalue weighted by Gasteiger charge is -2.54. The van der Waals surface area contributed by atoms with Crippen molar-refractivity contribution < 1.29 is 19.5 Å². The number of amides is 3. The number of hydrogen-bond acceptors (Lipinski definition) is 4. The quantitative estimate of drug-likeness (QED) is 0.683.